The normalized spacial score (nSPS) is 11.5. The van der Waals surface area contributed by atoms with Crippen LogP contribution in [0.3, 0.4) is 0 Å². The monoisotopic (exact) mass is 322 g/mol. The molecule has 6 nitrogen and oxygen atoms in total. The standard InChI is InChI=1S/C9H8ClFN4O2S2/c10-8-5(3-12)1-6(2-7(8)11)19(16,17)15-9-14-13-4-18-9/h1-2,4H,3,12H2,(H,14,15). The second kappa shape index (κ2) is 5.37. The van der Waals surface area contributed by atoms with Gasteiger partial charge in [0.25, 0.3) is 10.0 Å². The van der Waals surface area contributed by atoms with Crippen molar-refractivity contribution in [3.8, 4) is 0 Å². The molecular formula is C9H8ClFN4O2S2. The summed E-state index contributed by atoms with van der Waals surface area (Å²) in [6.07, 6.45) is 0. The van der Waals surface area contributed by atoms with E-state index in [0.717, 1.165) is 17.4 Å². The Labute approximate surface area is 117 Å². The number of benzene rings is 1. The molecule has 1 heterocycles. The second-order valence-electron chi connectivity index (χ2n) is 3.43. The van der Waals surface area contributed by atoms with Crippen molar-refractivity contribution in [3.63, 3.8) is 0 Å². The van der Waals surface area contributed by atoms with Gasteiger partial charge in [0.1, 0.15) is 11.3 Å². The summed E-state index contributed by atoms with van der Waals surface area (Å²) in [7, 11) is -3.95. The summed E-state index contributed by atoms with van der Waals surface area (Å²) in [4.78, 5) is -0.273. The molecule has 0 amide bonds. The topological polar surface area (TPSA) is 98.0 Å². The molecule has 0 radical (unpaired) electrons. The Bertz CT molecular complexity index is 690. The minimum Gasteiger partial charge on any atom is -0.326 e. The average Bonchev–Trinajstić information content (AvgIpc) is 2.84. The van der Waals surface area contributed by atoms with Crippen LogP contribution in [-0.4, -0.2) is 18.6 Å². The molecule has 0 fully saturated rings. The van der Waals surface area contributed by atoms with E-state index in [1.165, 1.54) is 11.6 Å². The number of nitrogens with zero attached hydrogens (tertiary/aromatic N) is 2. The van der Waals surface area contributed by atoms with Gasteiger partial charge >= 0.3 is 0 Å². The van der Waals surface area contributed by atoms with Crippen LogP contribution < -0.4 is 10.5 Å². The third-order valence-corrected chi connectivity index (χ3v) is 4.67. The first-order chi connectivity index (χ1) is 8.94. The van der Waals surface area contributed by atoms with Gasteiger partial charge in [-0.05, 0) is 17.7 Å². The summed E-state index contributed by atoms with van der Waals surface area (Å²) >= 11 is 6.67. The maximum Gasteiger partial charge on any atom is 0.263 e. The van der Waals surface area contributed by atoms with Gasteiger partial charge in [-0.3, -0.25) is 4.72 Å². The lowest BCUT2D eigenvalue weighted by molar-refractivity contribution is 0.594. The first kappa shape index (κ1) is 14.1. The van der Waals surface area contributed by atoms with Crippen LogP contribution in [0.1, 0.15) is 5.56 Å². The Kier molecular flexibility index (Phi) is 3.99. The fourth-order valence-corrected chi connectivity index (χ4v) is 3.25. The van der Waals surface area contributed by atoms with Crippen LogP contribution in [-0.2, 0) is 16.6 Å². The Morgan fingerprint density at radius 2 is 2.21 bits per heavy atom. The van der Waals surface area contributed by atoms with Crippen molar-refractivity contribution >= 4 is 38.1 Å². The highest BCUT2D eigenvalue weighted by molar-refractivity contribution is 7.93. The summed E-state index contributed by atoms with van der Waals surface area (Å²) in [5.74, 6) is -0.845. The molecule has 2 rings (SSSR count). The molecule has 0 saturated heterocycles. The quantitative estimate of drug-likeness (QED) is 0.890. The number of nitrogens with two attached hydrogens (primary N) is 1. The molecule has 102 valence electrons. The van der Waals surface area contributed by atoms with Gasteiger partial charge in [0.2, 0.25) is 5.13 Å². The van der Waals surface area contributed by atoms with E-state index in [2.05, 4.69) is 14.9 Å². The molecule has 0 unspecified atom stereocenters. The zero-order chi connectivity index (χ0) is 14.0. The maximum absolute atomic E-state index is 13.5. The van der Waals surface area contributed by atoms with E-state index in [4.69, 9.17) is 17.3 Å². The Morgan fingerprint density at radius 1 is 1.47 bits per heavy atom. The Balaban J connectivity index is 2.43. The van der Waals surface area contributed by atoms with Crippen LogP contribution >= 0.6 is 22.9 Å². The number of hydrogen-bond donors (Lipinski definition) is 2. The fraction of sp³-hybridized carbons (Fsp3) is 0.111. The van der Waals surface area contributed by atoms with Crippen molar-refractivity contribution < 1.29 is 12.8 Å². The third-order valence-electron chi connectivity index (χ3n) is 2.19. The fourth-order valence-electron chi connectivity index (χ4n) is 1.31. The van der Waals surface area contributed by atoms with E-state index >= 15 is 0 Å². The summed E-state index contributed by atoms with van der Waals surface area (Å²) in [5, 5.41) is 6.94. The molecule has 0 saturated carbocycles. The minimum absolute atomic E-state index is 0.0715. The molecule has 0 aliphatic rings. The van der Waals surface area contributed by atoms with Crippen LogP contribution in [0.15, 0.2) is 22.5 Å². The smallest absolute Gasteiger partial charge is 0.263 e. The molecule has 0 atom stereocenters. The van der Waals surface area contributed by atoms with E-state index in [1.54, 1.807) is 0 Å². The first-order valence-electron chi connectivity index (χ1n) is 4.91. The lowest BCUT2D eigenvalue weighted by atomic mass is 10.2. The van der Waals surface area contributed by atoms with Crippen LogP contribution in [0.5, 0.6) is 0 Å². The predicted octanol–water partition coefficient (Wildman–Crippen LogP) is 1.59. The molecule has 0 bridgehead atoms. The van der Waals surface area contributed by atoms with Gasteiger partial charge in [0, 0.05) is 6.54 Å². The van der Waals surface area contributed by atoms with Gasteiger partial charge in [-0.15, -0.1) is 10.2 Å². The minimum atomic E-state index is -3.95. The van der Waals surface area contributed by atoms with Crippen molar-refractivity contribution in [2.75, 3.05) is 4.72 Å². The van der Waals surface area contributed by atoms with Crippen LogP contribution in [0.2, 0.25) is 5.02 Å². The molecule has 3 N–H and O–H groups in total. The number of aromatic nitrogens is 2. The van der Waals surface area contributed by atoms with Gasteiger partial charge in [-0.2, -0.15) is 0 Å². The van der Waals surface area contributed by atoms with E-state index in [-0.39, 0.29) is 27.2 Å². The molecular weight excluding hydrogens is 315 g/mol. The number of halogens is 2. The van der Waals surface area contributed by atoms with Crippen LogP contribution in [0.25, 0.3) is 0 Å². The van der Waals surface area contributed by atoms with E-state index in [0.29, 0.717) is 0 Å². The van der Waals surface area contributed by atoms with Crippen molar-refractivity contribution in [1.82, 2.24) is 10.2 Å². The molecule has 1 aromatic heterocycles. The van der Waals surface area contributed by atoms with Gasteiger partial charge in [-0.25, -0.2) is 12.8 Å². The van der Waals surface area contributed by atoms with Crippen LogP contribution in [0.4, 0.5) is 9.52 Å². The average molecular weight is 323 g/mol. The van der Waals surface area contributed by atoms with Gasteiger partial charge in [0.05, 0.1) is 9.92 Å². The Hall–Kier alpha value is -1.29. The number of hydrogen-bond acceptors (Lipinski definition) is 6. The third kappa shape index (κ3) is 3.00. The number of anilines is 1. The van der Waals surface area contributed by atoms with Crippen molar-refractivity contribution in [2.45, 2.75) is 11.4 Å². The highest BCUT2D eigenvalue weighted by Gasteiger charge is 2.19. The molecule has 10 heteroatoms. The highest BCUT2D eigenvalue weighted by atomic mass is 35.5. The number of rotatable bonds is 4. The lowest BCUT2D eigenvalue weighted by Gasteiger charge is -2.08. The summed E-state index contributed by atoms with van der Waals surface area (Å²) < 4.78 is 39.7. The molecule has 19 heavy (non-hydrogen) atoms. The second-order valence-corrected chi connectivity index (χ2v) is 6.33. The van der Waals surface area contributed by atoms with E-state index in [1.807, 2.05) is 0 Å². The SMILES string of the molecule is NCc1cc(S(=O)(=O)Nc2nncs2)cc(F)c1Cl. The molecule has 0 spiro atoms. The van der Waals surface area contributed by atoms with Crippen molar-refractivity contribution in [3.05, 3.63) is 34.0 Å². The van der Waals surface area contributed by atoms with Crippen LogP contribution in [0, 0.1) is 5.82 Å². The Morgan fingerprint density at radius 3 is 2.79 bits per heavy atom. The lowest BCUT2D eigenvalue weighted by Crippen LogP contribution is -2.14. The van der Waals surface area contributed by atoms with E-state index < -0.39 is 15.8 Å². The van der Waals surface area contributed by atoms with Crippen molar-refractivity contribution in [1.29, 1.82) is 0 Å². The largest absolute Gasteiger partial charge is 0.326 e. The molecule has 0 aliphatic heterocycles. The van der Waals surface area contributed by atoms with Crippen molar-refractivity contribution in [2.24, 2.45) is 5.73 Å². The molecule has 1 aromatic carbocycles. The predicted molar refractivity (Wildman–Crippen MR) is 70.0 cm³/mol. The zero-order valence-corrected chi connectivity index (χ0v) is 11.7. The maximum atomic E-state index is 13.5. The number of nitrogens with one attached hydrogen (secondary N) is 1. The highest BCUT2D eigenvalue weighted by Crippen LogP contribution is 2.25. The van der Waals surface area contributed by atoms with Gasteiger partial charge in [-0.1, -0.05) is 22.9 Å². The van der Waals surface area contributed by atoms with Gasteiger partial charge in [0.15, 0.2) is 0 Å². The zero-order valence-electron chi connectivity index (χ0n) is 9.30. The summed E-state index contributed by atoms with van der Waals surface area (Å²) in [6, 6.07) is 2.04. The molecule has 2 aromatic rings. The molecule has 0 aliphatic carbocycles. The van der Waals surface area contributed by atoms with Gasteiger partial charge < -0.3 is 5.73 Å². The summed E-state index contributed by atoms with van der Waals surface area (Å²) in [5.41, 5.74) is 6.96. The number of sulfonamides is 1. The van der Waals surface area contributed by atoms with E-state index in [9.17, 15) is 12.8 Å². The summed E-state index contributed by atoms with van der Waals surface area (Å²) in [6.45, 7) is -0.0715. The first-order valence-corrected chi connectivity index (χ1v) is 7.65.